The Balaban J connectivity index is 1.97. The number of sulfone groups is 1. The van der Waals surface area contributed by atoms with Gasteiger partial charge in [0.15, 0.2) is 18.2 Å². The zero-order chi connectivity index (χ0) is 25.1. The van der Waals surface area contributed by atoms with E-state index >= 15 is 0 Å². The highest BCUT2D eigenvalue weighted by Gasteiger charge is 2.37. The largest absolute Gasteiger partial charge is 0.573 e. The Kier molecular flexibility index (Phi) is 8.26. The third kappa shape index (κ3) is 8.33. The van der Waals surface area contributed by atoms with Gasteiger partial charge in [-0.1, -0.05) is 20.8 Å². The molecule has 184 valence electrons. The van der Waals surface area contributed by atoms with Crippen molar-refractivity contribution in [2.75, 3.05) is 12.4 Å². The highest BCUT2D eigenvalue weighted by molar-refractivity contribution is 7.91. The lowest BCUT2D eigenvalue weighted by molar-refractivity contribution is -0.274. The molecule has 0 amide bonds. The Labute approximate surface area is 193 Å². The van der Waals surface area contributed by atoms with Crippen LogP contribution in [0.4, 0.5) is 13.2 Å². The number of aliphatic hydroxyl groups excluding tert-OH is 1. The second kappa shape index (κ2) is 10.0. The fourth-order valence-corrected chi connectivity index (χ4v) is 4.87. The van der Waals surface area contributed by atoms with Gasteiger partial charge < -0.3 is 19.0 Å². The molecular formula is C22H29F3O6SSi. The van der Waals surface area contributed by atoms with Crippen molar-refractivity contribution in [3.63, 3.8) is 0 Å². The zero-order valence-corrected chi connectivity index (χ0v) is 21.0. The van der Waals surface area contributed by atoms with E-state index in [0.29, 0.717) is 5.75 Å². The van der Waals surface area contributed by atoms with E-state index in [2.05, 4.69) is 25.5 Å². The van der Waals surface area contributed by atoms with Gasteiger partial charge in [-0.25, -0.2) is 8.42 Å². The minimum absolute atomic E-state index is 0.00940. The summed E-state index contributed by atoms with van der Waals surface area (Å²) in [6, 6.07) is 10.3. The zero-order valence-electron chi connectivity index (χ0n) is 19.1. The highest BCUT2D eigenvalue weighted by atomic mass is 32.2. The van der Waals surface area contributed by atoms with Gasteiger partial charge in [0.2, 0.25) is 0 Å². The molecule has 1 unspecified atom stereocenters. The van der Waals surface area contributed by atoms with E-state index in [1.807, 2.05) is 13.1 Å². The maximum absolute atomic E-state index is 12.6. The number of hydrogen-bond donors (Lipinski definition) is 1. The number of benzene rings is 2. The maximum atomic E-state index is 12.6. The predicted octanol–water partition coefficient (Wildman–Crippen LogP) is 5.53. The van der Waals surface area contributed by atoms with Crippen LogP contribution in [0.3, 0.4) is 0 Å². The second-order valence-corrected chi connectivity index (χ2v) is 15.9. The smallest absolute Gasteiger partial charge is 0.457 e. The van der Waals surface area contributed by atoms with Gasteiger partial charge in [0.1, 0.15) is 17.2 Å². The summed E-state index contributed by atoms with van der Waals surface area (Å²) >= 11 is 0. The summed E-state index contributed by atoms with van der Waals surface area (Å²) in [5.41, 5.74) is 0. The Bertz CT molecular complexity index is 1010. The third-order valence-electron chi connectivity index (χ3n) is 5.33. The Morgan fingerprint density at radius 1 is 0.909 bits per heavy atom. The summed E-state index contributed by atoms with van der Waals surface area (Å²) in [4.78, 5) is 0.00940. The summed E-state index contributed by atoms with van der Waals surface area (Å²) in [5, 5.41) is 10.2. The van der Waals surface area contributed by atoms with Crippen LogP contribution >= 0.6 is 0 Å². The van der Waals surface area contributed by atoms with Crippen LogP contribution in [-0.2, 0) is 14.3 Å². The van der Waals surface area contributed by atoms with Crippen molar-refractivity contribution >= 4 is 18.2 Å². The van der Waals surface area contributed by atoms with Crippen LogP contribution in [0.2, 0.25) is 18.1 Å². The molecule has 0 aliphatic carbocycles. The molecule has 1 atom stereocenters. The fraction of sp³-hybridized carbons (Fsp3) is 0.455. The molecule has 1 N–H and O–H groups in total. The van der Waals surface area contributed by atoms with Crippen LogP contribution in [0, 0.1) is 0 Å². The van der Waals surface area contributed by atoms with Crippen LogP contribution in [0.1, 0.15) is 20.8 Å². The average Bonchev–Trinajstić information content (AvgIpc) is 2.66. The Hall–Kier alpha value is -2.08. The normalized spacial score (nSPS) is 14.1. The molecule has 0 spiro atoms. The van der Waals surface area contributed by atoms with Crippen molar-refractivity contribution in [3.05, 3.63) is 48.5 Å². The Morgan fingerprint density at radius 3 is 1.82 bits per heavy atom. The van der Waals surface area contributed by atoms with Gasteiger partial charge in [-0.05, 0) is 66.7 Å². The minimum atomic E-state index is -4.78. The first kappa shape index (κ1) is 27.2. The van der Waals surface area contributed by atoms with Gasteiger partial charge in [-0.15, -0.1) is 13.2 Å². The maximum Gasteiger partial charge on any atom is 0.573 e. The van der Waals surface area contributed by atoms with E-state index in [-0.39, 0.29) is 28.0 Å². The molecule has 6 nitrogen and oxygen atoms in total. The summed E-state index contributed by atoms with van der Waals surface area (Å²) in [6.07, 6.45) is -5.95. The number of rotatable bonds is 9. The van der Waals surface area contributed by atoms with Crippen molar-refractivity contribution in [3.8, 4) is 17.2 Å². The molecule has 2 aromatic carbocycles. The molecule has 33 heavy (non-hydrogen) atoms. The van der Waals surface area contributed by atoms with Crippen molar-refractivity contribution in [1.82, 2.24) is 0 Å². The highest BCUT2D eigenvalue weighted by Crippen LogP contribution is 2.36. The Morgan fingerprint density at radius 2 is 1.36 bits per heavy atom. The molecule has 0 aromatic heterocycles. The number of alkyl halides is 3. The van der Waals surface area contributed by atoms with Gasteiger partial charge in [-0.2, -0.15) is 0 Å². The quantitative estimate of drug-likeness (QED) is 0.450. The summed E-state index contributed by atoms with van der Waals surface area (Å²) in [7, 11) is -5.89. The molecule has 11 heteroatoms. The summed E-state index contributed by atoms with van der Waals surface area (Å²) in [5.74, 6) is -0.325. The molecule has 0 saturated heterocycles. The van der Waals surface area contributed by atoms with Crippen molar-refractivity contribution in [2.24, 2.45) is 0 Å². The number of halogens is 3. The molecule has 0 saturated carbocycles. The van der Waals surface area contributed by atoms with Gasteiger partial charge in [-0.3, -0.25) is 0 Å². The van der Waals surface area contributed by atoms with Crippen molar-refractivity contribution < 1.29 is 40.6 Å². The first-order valence-corrected chi connectivity index (χ1v) is 14.7. The molecule has 0 heterocycles. The predicted molar refractivity (Wildman–Crippen MR) is 121 cm³/mol. The second-order valence-electron chi connectivity index (χ2n) is 9.10. The SMILES string of the molecule is CC(C)(C)[Si](C)(C)OCC(O)CS(=O)(=O)c1ccc(Oc2ccc(OC(F)(F)F)cc2)cc1. The lowest BCUT2D eigenvalue weighted by Crippen LogP contribution is -2.43. The first-order chi connectivity index (χ1) is 15.0. The van der Waals surface area contributed by atoms with Crippen LogP contribution in [0.15, 0.2) is 53.4 Å². The first-order valence-electron chi connectivity index (χ1n) is 10.2. The average molecular weight is 507 g/mol. The number of aliphatic hydroxyl groups is 1. The van der Waals surface area contributed by atoms with Gasteiger partial charge in [0.25, 0.3) is 0 Å². The standard InChI is InChI=1S/C22H29F3O6SSi/c1-21(2,3)33(4,5)29-14-16(26)15-32(27,28)20-12-10-18(11-13-20)30-17-6-8-19(9-7-17)31-22(23,24)25/h6-13,16,26H,14-15H2,1-5H3. The molecule has 0 aliphatic rings. The molecule has 0 radical (unpaired) electrons. The molecule has 0 fully saturated rings. The third-order valence-corrected chi connectivity index (χ3v) is 11.6. The monoisotopic (exact) mass is 506 g/mol. The lowest BCUT2D eigenvalue weighted by Gasteiger charge is -2.36. The van der Waals surface area contributed by atoms with E-state index in [1.165, 1.54) is 36.4 Å². The van der Waals surface area contributed by atoms with E-state index in [4.69, 9.17) is 9.16 Å². The van der Waals surface area contributed by atoms with Gasteiger partial charge in [0, 0.05) is 0 Å². The van der Waals surface area contributed by atoms with Crippen LogP contribution in [0.5, 0.6) is 17.2 Å². The van der Waals surface area contributed by atoms with Crippen LogP contribution in [0.25, 0.3) is 0 Å². The molecular weight excluding hydrogens is 477 g/mol. The summed E-state index contributed by atoms with van der Waals surface area (Å²) in [6.45, 7) is 10.1. The number of hydrogen-bond acceptors (Lipinski definition) is 6. The molecule has 0 aliphatic heterocycles. The van der Waals surface area contributed by atoms with E-state index < -0.39 is 36.4 Å². The summed E-state index contributed by atoms with van der Waals surface area (Å²) < 4.78 is 77.1. The molecule has 2 rings (SSSR count). The van der Waals surface area contributed by atoms with E-state index in [9.17, 15) is 26.7 Å². The van der Waals surface area contributed by atoms with Crippen molar-refractivity contribution in [1.29, 1.82) is 0 Å². The fourth-order valence-electron chi connectivity index (χ4n) is 2.48. The lowest BCUT2D eigenvalue weighted by atomic mass is 10.2. The molecule has 2 aromatic rings. The number of ether oxygens (including phenoxy) is 2. The molecule has 0 bridgehead atoms. The van der Waals surface area contributed by atoms with Gasteiger partial charge >= 0.3 is 6.36 Å². The van der Waals surface area contributed by atoms with E-state index in [0.717, 1.165) is 12.1 Å². The minimum Gasteiger partial charge on any atom is -0.457 e. The van der Waals surface area contributed by atoms with Crippen LogP contribution in [-0.4, -0.2) is 46.7 Å². The van der Waals surface area contributed by atoms with Gasteiger partial charge in [0.05, 0.1) is 23.4 Å². The van der Waals surface area contributed by atoms with Crippen LogP contribution < -0.4 is 9.47 Å². The topological polar surface area (TPSA) is 82.1 Å². The van der Waals surface area contributed by atoms with Crippen molar-refractivity contribution in [2.45, 2.75) is 56.3 Å². The van der Waals surface area contributed by atoms with E-state index in [1.54, 1.807) is 0 Å².